The summed E-state index contributed by atoms with van der Waals surface area (Å²) in [5.74, 6) is 0.877. The van der Waals surface area contributed by atoms with Crippen molar-refractivity contribution in [1.29, 1.82) is 0 Å². The third-order valence-electron chi connectivity index (χ3n) is 4.42. The molecular formula is C19H19N5O3. The second kappa shape index (κ2) is 7.06. The zero-order valence-electron chi connectivity index (χ0n) is 15.0. The smallest absolute Gasteiger partial charge is 0.248 e. The Morgan fingerprint density at radius 3 is 2.93 bits per heavy atom. The van der Waals surface area contributed by atoms with Crippen LogP contribution in [0.3, 0.4) is 0 Å². The van der Waals surface area contributed by atoms with Crippen molar-refractivity contribution in [2.24, 2.45) is 10.9 Å². The highest BCUT2D eigenvalue weighted by molar-refractivity contribution is 6.10. The molecule has 2 atom stereocenters. The number of hydrogen-bond donors (Lipinski definition) is 1. The molecule has 2 aromatic heterocycles. The first-order chi connectivity index (χ1) is 13.2. The summed E-state index contributed by atoms with van der Waals surface area (Å²) < 4.78 is 12.8. The summed E-state index contributed by atoms with van der Waals surface area (Å²) in [6, 6.07) is 10.5. The quantitative estimate of drug-likeness (QED) is 0.749. The minimum Gasteiger partial charge on any atom is -0.492 e. The number of carbonyl (C=O) groups excluding carboxylic acids is 1. The first-order valence-electron chi connectivity index (χ1n) is 8.69. The van der Waals surface area contributed by atoms with E-state index in [-0.39, 0.29) is 5.91 Å². The summed E-state index contributed by atoms with van der Waals surface area (Å²) in [5.41, 5.74) is 1.25. The maximum Gasteiger partial charge on any atom is 0.248 e. The Labute approximate surface area is 155 Å². The molecule has 138 valence electrons. The van der Waals surface area contributed by atoms with Gasteiger partial charge in [0.2, 0.25) is 11.9 Å². The van der Waals surface area contributed by atoms with Gasteiger partial charge in [0.1, 0.15) is 29.8 Å². The summed E-state index contributed by atoms with van der Waals surface area (Å²) in [5, 5.41) is 7.21. The Morgan fingerprint density at radius 2 is 2.15 bits per heavy atom. The second-order valence-electron chi connectivity index (χ2n) is 6.11. The molecule has 0 aliphatic carbocycles. The van der Waals surface area contributed by atoms with Gasteiger partial charge in [0.25, 0.3) is 0 Å². The van der Waals surface area contributed by atoms with Gasteiger partial charge in [-0.05, 0) is 38.1 Å². The summed E-state index contributed by atoms with van der Waals surface area (Å²) >= 11 is 0. The van der Waals surface area contributed by atoms with Gasteiger partial charge in [-0.2, -0.15) is 10.1 Å². The SMILES string of the molecule is CCOc1ccccc1NC(=O)C1C(C)=Nc2ncnn2C1c1ccco1. The molecule has 1 aliphatic rings. The van der Waals surface area contributed by atoms with Crippen LogP contribution in [0.15, 0.2) is 58.4 Å². The molecule has 1 amide bonds. The van der Waals surface area contributed by atoms with Gasteiger partial charge in [-0.1, -0.05) is 12.1 Å². The average Bonchev–Trinajstić information content (AvgIpc) is 3.33. The lowest BCUT2D eigenvalue weighted by atomic mass is 9.91. The fourth-order valence-electron chi connectivity index (χ4n) is 3.26. The lowest BCUT2D eigenvalue weighted by molar-refractivity contribution is -0.119. The van der Waals surface area contributed by atoms with Crippen LogP contribution >= 0.6 is 0 Å². The molecule has 3 heterocycles. The molecule has 0 spiro atoms. The normalized spacial score (nSPS) is 18.5. The van der Waals surface area contributed by atoms with Crippen molar-refractivity contribution in [2.75, 3.05) is 11.9 Å². The molecule has 1 aromatic carbocycles. The predicted octanol–water partition coefficient (Wildman–Crippen LogP) is 3.22. The largest absolute Gasteiger partial charge is 0.492 e. The standard InChI is InChI=1S/C19H19N5O3/c1-3-26-14-8-5-4-7-13(14)23-18(25)16-12(2)22-19-20-11-21-24(19)17(16)15-9-6-10-27-15/h4-11,16-17H,3H2,1-2H3,(H,23,25). The lowest BCUT2D eigenvalue weighted by Crippen LogP contribution is -2.39. The fraction of sp³-hybridized carbons (Fsp3) is 0.263. The molecule has 2 unspecified atom stereocenters. The topological polar surface area (TPSA) is 94.5 Å². The number of para-hydroxylation sites is 2. The van der Waals surface area contributed by atoms with Crippen molar-refractivity contribution in [3.8, 4) is 5.75 Å². The van der Waals surface area contributed by atoms with Gasteiger partial charge in [-0.3, -0.25) is 4.79 Å². The van der Waals surface area contributed by atoms with Crippen LogP contribution in [-0.2, 0) is 4.79 Å². The molecule has 1 N–H and O–H groups in total. The number of aromatic nitrogens is 3. The number of carbonyl (C=O) groups is 1. The summed E-state index contributed by atoms with van der Waals surface area (Å²) in [6.07, 6.45) is 3.00. The van der Waals surface area contributed by atoms with E-state index in [1.165, 1.54) is 6.33 Å². The number of anilines is 1. The van der Waals surface area contributed by atoms with Crippen LogP contribution in [0.25, 0.3) is 0 Å². The van der Waals surface area contributed by atoms with E-state index in [1.54, 1.807) is 23.1 Å². The highest BCUT2D eigenvalue weighted by atomic mass is 16.5. The number of amides is 1. The van der Waals surface area contributed by atoms with Gasteiger partial charge in [0.15, 0.2) is 0 Å². The van der Waals surface area contributed by atoms with Gasteiger partial charge in [0, 0.05) is 5.71 Å². The van der Waals surface area contributed by atoms with Crippen LogP contribution in [0, 0.1) is 5.92 Å². The molecular weight excluding hydrogens is 346 g/mol. The number of furan rings is 1. The van der Waals surface area contributed by atoms with E-state index in [0.29, 0.717) is 35.5 Å². The molecule has 27 heavy (non-hydrogen) atoms. The van der Waals surface area contributed by atoms with Crippen molar-refractivity contribution in [1.82, 2.24) is 14.8 Å². The molecule has 0 saturated carbocycles. The molecule has 0 fully saturated rings. The van der Waals surface area contributed by atoms with E-state index in [2.05, 4.69) is 20.4 Å². The number of nitrogens with one attached hydrogen (secondary N) is 1. The van der Waals surface area contributed by atoms with Crippen LogP contribution in [-0.4, -0.2) is 33.0 Å². The summed E-state index contributed by atoms with van der Waals surface area (Å²) in [7, 11) is 0. The van der Waals surface area contributed by atoms with E-state index < -0.39 is 12.0 Å². The van der Waals surface area contributed by atoms with E-state index in [4.69, 9.17) is 9.15 Å². The number of fused-ring (bicyclic) bond motifs is 1. The molecule has 0 bridgehead atoms. The zero-order chi connectivity index (χ0) is 18.8. The third-order valence-corrected chi connectivity index (χ3v) is 4.42. The highest BCUT2D eigenvalue weighted by Gasteiger charge is 2.40. The Morgan fingerprint density at radius 1 is 1.30 bits per heavy atom. The van der Waals surface area contributed by atoms with Crippen LogP contribution in [0.4, 0.5) is 11.6 Å². The van der Waals surface area contributed by atoms with Crippen LogP contribution in [0.1, 0.15) is 25.6 Å². The zero-order valence-corrected chi connectivity index (χ0v) is 15.0. The summed E-state index contributed by atoms with van der Waals surface area (Å²) in [6.45, 7) is 4.22. The maximum atomic E-state index is 13.2. The van der Waals surface area contributed by atoms with E-state index in [1.807, 2.05) is 38.1 Å². The Bertz CT molecular complexity index is 977. The van der Waals surface area contributed by atoms with Gasteiger partial charge < -0.3 is 14.5 Å². The van der Waals surface area contributed by atoms with Gasteiger partial charge in [0.05, 0.1) is 18.6 Å². The van der Waals surface area contributed by atoms with Crippen molar-refractivity contribution < 1.29 is 13.9 Å². The molecule has 0 radical (unpaired) electrons. The van der Waals surface area contributed by atoms with E-state index in [0.717, 1.165) is 0 Å². The van der Waals surface area contributed by atoms with Crippen LogP contribution in [0.2, 0.25) is 0 Å². The number of benzene rings is 1. The van der Waals surface area contributed by atoms with Crippen molar-refractivity contribution >= 4 is 23.3 Å². The molecule has 3 aromatic rings. The van der Waals surface area contributed by atoms with Crippen molar-refractivity contribution in [3.05, 3.63) is 54.7 Å². The predicted molar refractivity (Wildman–Crippen MR) is 99.4 cm³/mol. The van der Waals surface area contributed by atoms with Gasteiger partial charge >= 0.3 is 0 Å². The van der Waals surface area contributed by atoms with Crippen LogP contribution < -0.4 is 10.1 Å². The molecule has 8 nitrogen and oxygen atoms in total. The monoisotopic (exact) mass is 365 g/mol. The second-order valence-corrected chi connectivity index (χ2v) is 6.11. The minimum absolute atomic E-state index is 0.217. The Kier molecular flexibility index (Phi) is 4.45. The van der Waals surface area contributed by atoms with Gasteiger partial charge in [-0.25, -0.2) is 9.67 Å². The Balaban J connectivity index is 1.70. The van der Waals surface area contributed by atoms with E-state index >= 15 is 0 Å². The molecule has 1 aliphatic heterocycles. The minimum atomic E-state index is -0.597. The lowest BCUT2D eigenvalue weighted by Gasteiger charge is -2.28. The van der Waals surface area contributed by atoms with Gasteiger partial charge in [-0.15, -0.1) is 0 Å². The number of ether oxygens (including phenoxy) is 1. The highest BCUT2D eigenvalue weighted by Crippen LogP contribution is 2.36. The fourth-order valence-corrected chi connectivity index (χ4v) is 3.26. The van der Waals surface area contributed by atoms with Crippen molar-refractivity contribution in [3.63, 3.8) is 0 Å². The first-order valence-corrected chi connectivity index (χ1v) is 8.69. The number of aliphatic imine (C=N–C) groups is 1. The molecule has 0 saturated heterocycles. The number of rotatable bonds is 5. The average molecular weight is 365 g/mol. The van der Waals surface area contributed by atoms with Crippen molar-refractivity contribution in [2.45, 2.75) is 19.9 Å². The molecule has 8 heteroatoms. The number of nitrogens with zero attached hydrogens (tertiary/aromatic N) is 4. The number of hydrogen-bond acceptors (Lipinski definition) is 6. The Hall–Kier alpha value is -3.42. The summed E-state index contributed by atoms with van der Waals surface area (Å²) in [4.78, 5) is 21.8. The molecule has 4 rings (SSSR count). The third kappa shape index (κ3) is 3.10. The maximum absolute atomic E-state index is 13.2. The van der Waals surface area contributed by atoms with Crippen LogP contribution in [0.5, 0.6) is 5.75 Å². The first kappa shape index (κ1) is 17.0. The van der Waals surface area contributed by atoms with E-state index in [9.17, 15) is 4.79 Å².